The lowest BCUT2D eigenvalue weighted by Crippen LogP contribution is -1.75. The first-order valence-corrected chi connectivity index (χ1v) is 15.8. The number of benzene rings is 4. The average Bonchev–Trinajstić information content (AvgIpc) is 4.00. The Morgan fingerprint density at radius 1 is 0.250 bits per heavy atom. The summed E-state index contributed by atoms with van der Waals surface area (Å²) in [7, 11) is 0. The van der Waals surface area contributed by atoms with Crippen molar-refractivity contribution in [3.05, 3.63) is 217 Å². The van der Waals surface area contributed by atoms with Crippen molar-refractivity contribution >= 4 is 46.4 Å². The summed E-state index contributed by atoms with van der Waals surface area (Å²) in [6.07, 6.45) is 8.09. The Morgan fingerprint density at radius 2 is 0.417 bits per heavy atom. The zero-order chi connectivity index (χ0) is 32.9. The molecular weight excluding hydrogens is 585 g/mol. The van der Waals surface area contributed by atoms with Crippen LogP contribution >= 0.6 is 0 Å². The minimum absolute atomic E-state index is 0.939. The standard InChI is InChI=1S/C20H14N4.4C6H6/c1-2-14-10-16-5-6-18(23-16)12-20-8-7-19(24-20)11-17-4-3-15(22-17)9-13(1)21-14;4*1-2-4-6-5-3-1/h1-12,21,24H;4*1-6H. The zero-order valence-corrected chi connectivity index (χ0v) is 26.7. The summed E-state index contributed by atoms with van der Waals surface area (Å²) >= 11 is 0. The van der Waals surface area contributed by atoms with E-state index in [4.69, 9.17) is 0 Å². The van der Waals surface area contributed by atoms with Crippen molar-refractivity contribution in [3.8, 4) is 0 Å². The first kappa shape index (κ1) is 32.9. The Labute approximate surface area is 282 Å². The lowest BCUT2D eigenvalue weighted by atomic mass is 10.3. The third kappa shape index (κ3) is 12.1. The highest BCUT2D eigenvalue weighted by molar-refractivity contribution is 5.77. The summed E-state index contributed by atoms with van der Waals surface area (Å²) in [5.41, 5.74) is 7.86. The van der Waals surface area contributed by atoms with Crippen LogP contribution in [0, 0.1) is 0 Å². The van der Waals surface area contributed by atoms with Gasteiger partial charge in [0.05, 0.1) is 22.8 Å². The van der Waals surface area contributed by atoms with Crippen LogP contribution in [0.2, 0.25) is 0 Å². The molecular formula is C44H38N4. The monoisotopic (exact) mass is 622 g/mol. The van der Waals surface area contributed by atoms with Gasteiger partial charge in [0.1, 0.15) is 0 Å². The molecule has 4 nitrogen and oxygen atoms in total. The summed E-state index contributed by atoms with van der Waals surface area (Å²) in [6.45, 7) is 0. The van der Waals surface area contributed by atoms with Gasteiger partial charge >= 0.3 is 0 Å². The molecule has 3 aromatic heterocycles. The molecule has 0 atom stereocenters. The number of aromatic amines is 2. The van der Waals surface area contributed by atoms with Crippen molar-refractivity contribution < 1.29 is 0 Å². The Morgan fingerprint density at radius 3 is 0.583 bits per heavy atom. The van der Waals surface area contributed by atoms with Crippen molar-refractivity contribution in [2.75, 3.05) is 0 Å². The topological polar surface area (TPSA) is 57.4 Å². The second-order valence-corrected chi connectivity index (χ2v) is 10.5. The normalized spacial score (nSPS) is 10.3. The van der Waals surface area contributed by atoms with Crippen LogP contribution in [0.25, 0.3) is 46.4 Å². The molecule has 48 heavy (non-hydrogen) atoms. The van der Waals surface area contributed by atoms with E-state index in [0.29, 0.717) is 0 Å². The third-order valence-corrected chi connectivity index (χ3v) is 6.71. The molecule has 0 spiro atoms. The predicted octanol–water partition coefficient (Wildman–Crippen LogP) is 11.4. The molecule has 2 aliphatic heterocycles. The summed E-state index contributed by atoms with van der Waals surface area (Å²) in [6, 6.07) is 64.4. The molecule has 4 heteroatoms. The van der Waals surface area contributed by atoms with Gasteiger partial charge in [-0.2, -0.15) is 0 Å². The van der Waals surface area contributed by atoms with Gasteiger partial charge in [0, 0.05) is 22.1 Å². The van der Waals surface area contributed by atoms with E-state index >= 15 is 0 Å². The van der Waals surface area contributed by atoms with Crippen LogP contribution < -0.4 is 0 Å². The van der Waals surface area contributed by atoms with Crippen molar-refractivity contribution in [2.24, 2.45) is 0 Å². The highest BCUT2D eigenvalue weighted by Crippen LogP contribution is 2.17. The maximum Gasteiger partial charge on any atom is 0.0658 e. The fraction of sp³-hybridized carbons (Fsp3) is 0. The van der Waals surface area contributed by atoms with E-state index in [1.54, 1.807) is 0 Å². The fourth-order valence-electron chi connectivity index (χ4n) is 4.48. The van der Waals surface area contributed by atoms with Crippen molar-refractivity contribution in [2.45, 2.75) is 0 Å². The first-order chi connectivity index (χ1) is 23.8. The Hall–Kier alpha value is -6.52. The zero-order valence-electron chi connectivity index (χ0n) is 26.7. The minimum atomic E-state index is 0.939. The van der Waals surface area contributed by atoms with E-state index in [9.17, 15) is 0 Å². The molecule has 0 aliphatic carbocycles. The quantitative estimate of drug-likeness (QED) is 0.177. The van der Waals surface area contributed by atoms with Crippen LogP contribution in [-0.4, -0.2) is 19.9 Å². The number of H-pyrrole nitrogens is 2. The van der Waals surface area contributed by atoms with E-state index in [0.717, 1.165) is 44.8 Å². The van der Waals surface area contributed by atoms with E-state index < -0.39 is 0 Å². The van der Waals surface area contributed by atoms with Crippen molar-refractivity contribution in [1.82, 2.24) is 19.9 Å². The highest BCUT2D eigenvalue weighted by Gasteiger charge is 2.01. The molecule has 0 saturated carbocycles. The number of fused-ring (bicyclic) bond motifs is 8. The lowest BCUT2D eigenvalue weighted by Gasteiger charge is -1.85. The molecule has 0 amide bonds. The lowest BCUT2D eigenvalue weighted by molar-refractivity contribution is 1.31. The Balaban J connectivity index is 0.000000151. The average molecular weight is 623 g/mol. The molecule has 8 bridgehead atoms. The van der Waals surface area contributed by atoms with E-state index in [2.05, 4.69) is 44.2 Å². The maximum absolute atomic E-state index is 4.63. The second kappa shape index (κ2) is 19.1. The van der Waals surface area contributed by atoms with Gasteiger partial charge in [0.15, 0.2) is 0 Å². The molecule has 0 saturated heterocycles. The van der Waals surface area contributed by atoms with Crippen LogP contribution in [0.3, 0.4) is 0 Å². The maximum atomic E-state index is 4.63. The van der Waals surface area contributed by atoms with Gasteiger partial charge in [-0.05, 0) is 72.8 Å². The fourth-order valence-corrected chi connectivity index (χ4v) is 4.48. The molecule has 2 N–H and O–H groups in total. The summed E-state index contributed by atoms with van der Waals surface area (Å²) in [5.74, 6) is 0. The minimum Gasteiger partial charge on any atom is -0.355 e. The van der Waals surface area contributed by atoms with E-state index in [1.807, 2.05) is 194 Å². The number of nitrogens with one attached hydrogen (secondary N) is 2. The summed E-state index contributed by atoms with van der Waals surface area (Å²) in [5, 5.41) is 0. The predicted molar refractivity (Wildman–Crippen MR) is 205 cm³/mol. The van der Waals surface area contributed by atoms with Gasteiger partial charge < -0.3 is 9.97 Å². The number of hydrogen-bond acceptors (Lipinski definition) is 2. The van der Waals surface area contributed by atoms with Gasteiger partial charge in [-0.1, -0.05) is 146 Å². The number of hydrogen-bond donors (Lipinski definition) is 2. The van der Waals surface area contributed by atoms with E-state index in [-0.39, 0.29) is 0 Å². The Kier molecular flexibility index (Phi) is 13.1. The van der Waals surface area contributed by atoms with Crippen LogP contribution in [0.15, 0.2) is 194 Å². The molecule has 9 rings (SSSR count). The van der Waals surface area contributed by atoms with Crippen LogP contribution in [0.4, 0.5) is 0 Å². The highest BCUT2D eigenvalue weighted by atomic mass is 14.8. The van der Waals surface area contributed by atoms with Gasteiger partial charge in [-0.15, -0.1) is 0 Å². The van der Waals surface area contributed by atoms with Crippen LogP contribution in [0.1, 0.15) is 22.8 Å². The summed E-state index contributed by atoms with van der Waals surface area (Å²) < 4.78 is 0. The molecule has 4 aromatic carbocycles. The van der Waals surface area contributed by atoms with Crippen LogP contribution in [-0.2, 0) is 0 Å². The summed E-state index contributed by atoms with van der Waals surface area (Å²) in [4.78, 5) is 16.0. The SMILES string of the molecule is C1=Cc2cc3ccc(cc4nc(cc5ccc(cc1n2)[nH]5)C=C4)[nH]3.c1ccccc1.c1ccccc1.c1ccccc1.c1ccccc1. The molecule has 0 unspecified atom stereocenters. The van der Waals surface area contributed by atoms with Gasteiger partial charge in [0.25, 0.3) is 0 Å². The van der Waals surface area contributed by atoms with Crippen molar-refractivity contribution in [1.29, 1.82) is 0 Å². The molecule has 0 fully saturated rings. The molecule has 2 aliphatic rings. The van der Waals surface area contributed by atoms with E-state index in [1.165, 1.54) is 0 Å². The smallest absolute Gasteiger partial charge is 0.0658 e. The van der Waals surface area contributed by atoms with Gasteiger partial charge in [-0.25, -0.2) is 9.97 Å². The first-order valence-electron chi connectivity index (χ1n) is 15.8. The van der Waals surface area contributed by atoms with Crippen LogP contribution in [0.5, 0.6) is 0 Å². The third-order valence-electron chi connectivity index (χ3n) is 6.71. The van der Waals surface area contributed by atoms with Gasteiger partial charge in [0.2, 0.25) is 0 Å². The molecule has 7 aromatic rings. The number of aromatic nitrogens is 4. The van der Waals surface area contributed by atoms with Gasteiger partial charge in [-0.3, -0.25) is 0 Å². The molecule has 234 valence electrons. The molecule has 0 radical (unpaired) electrons. The largest absolute Gasteiger partial charge is 0.355 e. The Bertz CT molecular complexity index is 1710. The second-order valence-electron chi connectivity index (χ2n) is 10.5. The number of nitrogens with zero attached hydrogens (tertiary/aromatic N) is 2. The number of rotatable bonds is 0. The molecule has 5 heterocycles. The van der Waals surface area contributed by atoms with Crippen molar-refractivity contribution in [3.63, 3.8) is 0 Å².